The van der Waals surface area contributed by atoms with Crippen molar-refractivity contribution >= 4 is 29.1 Å². The minimum absolute atomic E-state index is 0.0881. The van der Waals surface area contributed by atoms with Crippen molar-refractivity contribution in [2.75, 3.05) is 39.4 Å². The average molecular weight is 537 g/mol. The molecule has 38 heavy (non-hydrogen) atoms. The summed E-state index contributed by atoms with van der Waals surface area (Å²) in [6.45, 7) is 11.0. The molecule has 0 radical (unpaired) electrons. The van der Waals surface area contributed by atoms with Gasteiger partial charge in [-0.05, 0) is 23.8 Å². The molecule has 1 atom stereocenters. The molecule has 0 bridgehead atoms. The lowest BCUT2D eigenvalue weighted by Gasteiger charge is -2.37. The van der Waals surface area contributed by atoms with E-state index in [-0.39, 0.29) is 35.5 Å². The zero-order chi connectivity index (χ0) is 26.8. The molecule has 0 aliphatic carbocycles. The summed E-state index contributed by atoms with van der Waals surface area (Å²) < 4.78 is 21.1. The summed E-state index contributed by atoms with van der Waals surface area (Å²) in [6.07, 6.45) is 0.156. The maximum Gasteiger partial charge on any atom is 0.252 e. The summed E-state index contributed by atoms with van der Waals surface area (Å²) in [6, 6.07) is 10.8. The number of nitrogens with zero attached hydrogens (tertiary/aromatic N) is 5. The molecule has 1 saturated heterocycles. The predicted octanol–water partition coefficient (Wildman–Crippen LogP) is 3.45. The maximum atomic E-state index is 13.9. The Morgan fingerprint density at radius 2 is 1.92 bits per heavy atom. The highest BCUT2D eigenvalue weighted by Crippen LogP contribution is 2.34. The third-order valence-corrected chi connectivity index (χ3v) is 7.20. The number of ether oxygens (including phenoxy) is 1. The minimum Gasteiger partial charge on any atom is -0.379 e. The summed E-state index contributed by atoms with van der Waals surface area (Å²) in [4.78, 5) is 33.5. The molecule has 1 aromatic heterocycles. The molecule has 2 aromatic carbocycles. The second-order valence-corrected chi connectivity index (χ2v) is 9.81. The molecule has 2 N–H and O–H groups in total. The molecular weight excluding hydrogens is 511 g/mol. The summed E-state index contributed by atoms with van der Waals surface area (Å²) in [7, 11) is 0. The molecular formula is C27H26ClFN6O3. The fraction of sp³-hybridized carbons (Fsp3) is 0.333. The van der Waals surface area contributed by atoms with Crippen LogP contribution >= 0.6 is 11.6 Å². The van der Waals surface area contributed by atoms with Gasteiger partial charge >= 0.3 is 0 Å². The Morgan fingerprint density at radius 1 is 1.18 bits per heavy atom. The molecule has 2 amide bonds. The summed E-state index contributed by atoms with van der Waals surface area (Å²) >= 11 is 6.03. The van der Waals surface area contributed by atoms with Crippen molar-refractivity contribution in [3.05, 3.63) is 81.5 Å². The summed E-state index contributed by atoms with van der Waals surface area (Å²) in [5.74, 6) is -1.37. The number of carbonyl (C=O) groups excluding carboxylic acids is 2. The Balaban J connectivity index is 1.51. The van der Waals surface area contributed by atoms with Gasteiger partial charge in [-0.1, -0.05) is 35.9 Å². The van der Waals surface area contributed by atoms with Crippen molar-refractivity contribution in [3.8, 4) is 11.3 Å². The Morgan fingerprint density at radius 3 is 2.58 bits per heavy atom. The monoisotopic (exact) mass is 536 g/mol. The Kier molecular flexibility index (Phi) is 7.42. The van der Waals surface area contributed by atoms with Crippen molar-refractivity contribution in [2.45, 2.75) is 19.0 Å². The van der Waals surface area contributed by atoms with E-state index < -0.39 is 11.7 Å². The highest BCUT2D eigenvalue weighted by molar-refractivity contribution is 6.31. The molecule has 3 heterocycles. The van der Waals surface area contributed by atoms with Crippen LogP contribution in [-0.4, -0.2) is 70.8 Å². The van der Waals surface area contributed by atoms with E-state index in [9.17, 15) is 14.0 Å². The van der Waals surface area contributed by atoms with Crippen LogP contribution < -0.4 is 5.73 Å². The van der Waals surface area contributed by atoms with Crippen LogP contribution in [0.4, 0.5) is 10.1 Å². The molecule has 1 unspecified atom stereocenters. The van der Waals surface area contributed by atoms with Crippen LogP contribution in [0.1, 0.15) is 27.7 Å². The number of benzene rings is 2. The largest absolute Gasteiger partial charge is 0.379 e. The van der Waals surface area contributed by atoms with Gasteiger partial charge in [0.2, 0.25) is 5.91 Å². The third kappa shape index (κ3) is 5.27. The van der Waals surface area contributed by atoms with Gasteiger partial charge in [0.1, 0.15) is 11.5 Å². The first kappa shape index (κ1) is 25.9. The van der Waals surface area contributed by atoms with E-state index in [1.807, 2.05) is 0 Å². The first-order valence-electron chi connectivity index (χ1n) is 12.2. The normalized spacial score (nSPS) is 17.6. The highest BCUT2D eigenvalue weighted by atomic mass is 35.5. The van der Waals surface area contributed by atoms with E-state index >= 15 is 0 Å². The fourth-order valence-corrected chi connectivity index (χ4v) is 5.17. The standard InChI is InChI=1S/C27H26ClFN6O3/c1-31-19-5-2-17(3-6-19)12-24(36)34-15-20(14-33-8-10-38-11-9-33)35-23(16-34)25(27(30)37)26(32-35)18-4-7-22(29)21(28)13-18/h2-7,13,20H,8-12,14-16H2,(H2,30,37). The molecule has 0 saturated carbocycles. The average Bonchev–Trinajstić information content (AvgIpc) is 3.31. The van der Waals surface area contributed by atoms with Gasteiger partial charge in [-0.3, -0.25) is 19.2 Å². The van der Waals surface area contributed by atoms with Gasteiger partial charge in [0.15, 0.2) is 5.69 Å². The lowest BCUT2D eigenvalue weighted by molar-refractivity contribution is -0.132. The van der Waals surface area contributed by atoms with E-state index in [0.29, 0.717) is 48.9 Å². The Hall–Kier alpha value is -3.78. The number of carbonyl (C=O) groups is 2. The van der Waals surface area contributed by atoms with Gasteiger partial charge < -0.3 is 15.4 Å². The molecule has 9 nitrogen and oxygen atoms in total. The van der Waals surface area contributed by atoms with E-state index in [1.54, 1.807) is 33.8 Å². The number of morpholine rings is 1. The predicted molar refractivity (Wildman–Crippen MR) is 139 cm³/mol. The zero-order valence-electron chi connectivity index (χ0n) is 20.6. The number of primary amides is 1. The van der Waals surface area contributed by atoms with E-state index in [1.165, 1.54) is 18.2 Å². The number of rotatable bonds is 6. The van der Waals surface area contributed by atoms with Crippen LogP contribution in [0.5, 0.6) is 0 Å². The van der Waals surface area contributed by atoms with Crippen molar-refractivity contribution in [2.24, 2.45) is 5.73 Å². The molecule has 2 aliphatic rings. The van der Waals surface area contributed by atoms with Gasteiger partial charge in [0.25, 0.3) is 5.91 Å². The Bertz CT molecular complexity index is 1410. The molecule has 196 valence electrons. The quantitative estimate of drug-likeness (QED) is 0.487. The topological polar surface area (TPSA) is 98.0 Å². The van der Waals surface area contributed by atoms with Crippen LogP contribution in [0.2, 0.25) is 5.02 Å². The second-order valence-electron chi connectivity index (χ2n) is 9.40. The number of amides is 2. The van der Waals surface area contributed by atoms with Gasteiger partial charge in [0.05, 0.1) is 55.1 Å². The van der Waals surface area contributed by atoms with E-state index in [0.717, 1.165) is 18.7 Å². The fourth-order valence-electron chi connectivity index (χ4n) is 4.99. The van der Waals surface area contributed by atoms with Crippen molar-refractivity contribution in [1.29, 1.82) is 0 Å². The molecule has 3 aromatic rings. The van der Waals surface area contributed by atoms with Crippen molar-refractivity contribution < 1.29 is 18.7 Å². The lowest BCUT2D eigenvalue weighted by atomic mass is 10.0. The summed E-state index contributed by atoms with van der Waals surface area (Å²) in [5, 5.41) is 4.68. The molecule has 0 spiro atoms. The molecule has 1 fully saturated rings. The first-order chi connectivity index (χ1) is 18.3. The van der Waals surface area contributed by atoms with E-state index in [4.69, 9.17) is 33.7 Å². The van der Waals surface area contributed by atoms with Gasteiger partial charge in [-0.25, -0.2) is 9.24 Å². The van der Waals surface area contributed by atoms with Crippen LogP contribution in [-0.2, 0) is 22.5 Å². The minimum atomic E-state index is -0.684. The number of aromatic nitrogens is 2. The van der Waals surface area contributed by atoms with Gasteiger partial charge in [-0.2, -0.15) is 5.10 Å². The van der Waals surface area contributed by atoms with Crippen molar-refractivity contribution in [1.82, 2.24) is 19.6 Å². The molecule has 11 heteroatoms. The third-order valence-electron chi connectivity index (χ3n) is 6.91. The SMILES string of the molecule is [C-]#[N+]c1ccc(CC(=O)N2Cc3c(C(N)=O)c(-c4ccc(F)c(Cl)c4)nn3C(CN3CCOCC3)C2)cc1. The number of nitrogens with two attached hydrogens (primary N) is 1. The lowest BCUT2D eigenvalue weighted by Crippen LogP contribution is -2.48. The number of halogens is 2. The van der Waals surface area contributed by atoms with Crippen LogP contribution in [0.15, 0.2) is 42.5 Å². The van der Waals surface area contributed by atoms with Gasteiger partial charge in [0, 0.05) is 31.7 Å². The maximum absolute atomic E-state index is 13.9. The molecule has 2 aliphatic heterocycles. The van der Waals surface area contributed by atoms with Crippen LogP contribution in [0.25, 0.3) is 16.1 Å². The summed E-state index contributed by atoms with van der Waals surface area (Å²) in [5.41, 5.74) is 8.65. The zero-order valence-corrected chi connectivity index (χ0v) is 21.3. The van der Waals surface area contributed by atoms with Crippen LogP contribution in [0, 0.1) is 12.4 Å². The number of hydrogen-bond donors (Lipinski definition) is 1. The van der Waals surface area contributed by atoms with Crippen LogP contribution in [0.3, 0.4) is 0 Å². The second kappa shape index (κ2) is 10.9. The number of hydrogen-bond acceptors (Lipinski definition) is 5. The first-order valence-corrected chi connectivity index (χ1v) is 12.6. The Labute approximate surface area is 224 Å². The molecule has 5 rings (SSSR count). The van der Waals surface area contributed by atoms with Gasteiger partial charge in [-0.15, -0.1) is 0 Å². The smallest absolute Gasteiger partial charge is 0.252 e. The van der Waals surface area contributed by atoms with Crippen molar-refractivity contribution in [3.63, 3.8) is 0 Å². The number of fused-ring (bicyclic) bond motifs is 1. The van der Waals surface area contributed by atoms with E-state index in [2.05, 4.69) is 9.74 Å². The highest BCUT2D eigenvalue weighted by Gasteiger charge is 2.35.